The minimum Gasteiger partial charge on any atom is -0.493 e. The van der Waals surface area contributed by atoms with Gasteiger partial charge in [-0.15, -0.1) is 24.0 Å². The van der Waals surface area contributed by atoms with Gasteiger partial charge in [0.1, 0.15) is 11.4 Å². The lowest BCUT2D eigenvalue weighted by Gasteiger charge is -2.25. The lowest BCUT2D eigenvalue weighted by Crippen LogP contribution is -2.44. The summed E-state index contributed by atoms with van der Waals surface area (Å²) in [5, 5.41) is 17.2. The van der Waals surface area contributed by atoms with Crippen molar-refractivity contribution in [3.63, 3.8) is 0 Å². The van der Waals surface area contributed by atoms with Gasteiger partial charge in [0, 0.05) is 26.7 Å². The molecule has 0 spiro atoms. The van der Waals surface area contributed by atoms with Crippen LogP contribution in [-0.4, -0.2) is 44.5 Å². The number of rotatable bonds is 11. The molecule has 0 aliphatic carbocycles. The van der Waals surface area contributed by atoms with Crippen LogP contribution in [0.3, 0.4) is 0 Å². The summed E-state index contributed by atoms with van der Waals surface area (Å²) in [4.78, 5) is 4.64. The molecule has 0 amide bonds. The molecular formula is C23H34IN3O3. The number of aliphatic imine (C=N–C) groups is 1. The van der Waals surface area contributed by atoms with Crippen molar-refractivity contribution < 1.29 is 14.6 Å². The molecule has 0 radical (unpaired) electrons. The maximum atomic E-state index is 10.8. The van der Waals surface area contributed by atoms with Crippen LogP contribution in [0.25, 0.3) is 0 Å². The minimum atomic E-state index is -0.993. The zero-order valence-electron chi connectivity index (χ0n) is 18.1. The lowest BCUT2D eigenvalue weighted by atomic mass is 9.96. The van der Waals surface area contributed by atoms with Gasteiger partial charge in [0.2, 0.25) is 0 Å². The van der Waals surface area contributed by atoms with Crippen LogP contribution in [0, 0.1) is 0 Å². The zero-order valence-corrected chi connectivity index (χ0v) is 20.4. The van der Waals surface area contributed by atoms with Crippen LogP contribution in [0.15, 0.2) is 59.6 Å². The van der Waals surface area contributed by atoms with Crippen LogP contribution in [0.1, 0.15) is 31.4 Å². The topological polar surface area (TPSA) is 75.1 Å². The zero-order chi connectivity index (χ0) is 21.0. The number of benzene rings is 2. The molecule has 7 heteroatoms. The third-order valence-corrected chi connectivity index (χ3v) is 4.42. The van der Waals surface area contributed by atoms with Crippen molar-refractivity contribution in [2.24, 2.45) is 4.99 Å². The molecule has 0 aromatic heterocycles. The molecule has 0 saturated carbocycles. The van der Waals surface area contributed by atoms with Crippen molar-refractivity contribution in [3.05, 3.63) is 65.7 Å². The van der Waals surface area contributed by atoms with Crippen LogP contribution in [-0.2, 0) is 16.9 Å². The van der Waals surface area contributed by atoms with Gasteiger partial charge >= 0.3 is 0 Å². The number of halogens is 1. The van der Waals surface area contributed by atoms with Gasteiger partial charge < -0.3 is 25.2 Å². The number of hydrogen-bond acceptors (Lipinski definition) is 4. The SMILES string of the molecule is CCNC(=NCc1cccc(OCCCOC)c1)NCC(C)(O)c1ccccc1.I. The highest BCUT2D eigenvalue weighted by atomic mass is 127. The van der Waals surface area contributed by atoms with Crippen molar-refractivity contribution in [2.75, 3.05) is 33.4 Å². The molecule has 0 aliphatic heterocycles. The first-order valence-corrected chi connectivity index (χ1v) is 10.1. The van der Waals surface area contributed by atoms with Crippen molar-refractivity contribution >= 4 is 29.9 Å². The molecule has 30 heavy (non-hydrogen) atoms. The maximum Gasteiger partial charge on any atom is 0.191 e. The second-order valence-electron chi connectivity index (χ2n) is 7.03. The van der Waals surface area contributed by atoms with Crippen LogP contribution in [0.2, 0.25) is 0 Å². The van der Waals surface area contributed by atoms with E-state index in [0.717, 1.165) is 29.8 Å². The van der Waals surface area contributed by atoms with Gasteiger partial charge in [0.05, 0.1) is 19.7 Å². The van der Waals surface area contributed by atoms with E-state index in [0.29, 0.717) is 32.3 Å². The quantitative estimate of drug-likeness (QED) is 0.180. The number of guanidine groups is 1. The van der Waals surface area contributed by atoms with E-state index in [1.165, 1.54) is 0 Å². The van der Waals surface area contributed by atoms with Crippen molar-refractivity contribution in [2.45, 2.75) is 32.4 Å². The molecule has 1 atom stereocenters. The normalized spacial score (nSPS) is 13.1. The molecule has 2 rings (SSSR count). The van der Waals surface area contributed by atoms with Crippen molar-refractivity contribution in [1.29, 1.82) is 0 Å². The largest absolute Gasteiger partial charge is 0.493 e. The molecule has 0 bridgehead atoms. The third kappa shape index (κ3) is 9.32. The Morgan fingerprint density at radius 1 is 1.07 bits per heavy atom. The Bertz CT molecular complexity index is 754. The molecule has 0 fully saturated rings. The van der Waals surface area contributed by atoms with Crippen LogP contribution in [0.4, 0.5) is 0 Å². The van der Waals surface area contributed by atoms with E-state index in [4.69, 9.17) is 9.47 Å². The third-order valence-electron chi connectivity index (χ3n) is 4.42. The van der Waals surface area contributed by atoms with E-state index in [9.17, 15) is 5.11 Å². The summed E-state index contributed by atoms with van der Waals surface area (Å²) in [6.07, 6.45) is 0.856. The Morgan fingerprint density at radius 2 is 1.83 bits per heavy atom. The van der Waals surface area contributed by atoms with E-state index in [1.807, 2.05) is 61.5 Å². The van der Waals surface area contributed by atoms with Gasteiger partial charge in [-0.25, -0.2) is 4.99 Å². The molecule has 0 heterocycles. The van der Waals surface area contributed by atoms with Gasteiger partial charge in [-0.05, 0) is 37.1 Å². The molecule has 3 N–H and O–H groups in total. The Labute approximate surface area is 197 Å². The lowest BCUT2D eigenvalue weighted by molar-refractivity contribution is 0.0617. The molecule has 2 aromatic carbocycles. The summed E-state index contributed by atoms with van der Waals surface area (Å²) in [5.74, 6) is 1.49. The molecule has 166 valence electrons. The Balaban J connectivity index is 0.00000450. The van der Waals surface area contributed by atoms with Crippen LogP contribution >= 0.6 is 24.0 Å². The number of hydrogen-bond donors (Lipinski definition) is 3. The summed E-state index contributed by atoms with van der Waals surface area (Å²) < 4.78 is 10.8. The van der Waals surface area contributed by atoms with E-state index >= 15 is 0 Å². The second-order valence-corrected chi connectivity index (χ2v) is 7.03. The van der Waals surface area contributed by atoms with Gasteiger partial charge in [-0.1, -0.05) is 42.5 Å². The monoisotopic (exact) mass is 527 g/mol. The molecule has 2 aromatic rings. The maximum absolute atomic E-state index is 10.8. The summed E-state index contributed by atoms with van der Waals surface area (Å²) in [6, 6.07) is 17.6. The Hall–Kier alpha value is -1.84. The highest BCUT2D eigenvalue weighted by molar-refractivity contribution is 14.0. The highest BCUT2D eigenvalue weighted by Gasteiger charge is 2.22. The number of methoxy groups -OCH3 is 1. The van der Waals surface area contributed by atoms with Gasteiger partial charge in [0.25, 0.3) is 0 Å². The number of nitrogens with zero attached hydrogens (tertiary/aromatic N) is 1. The van der Waals surface area contributed by atoms with Gasteiger partial charge in [-0.2, -0.15) is 0 Å². The fraction of sp³-hybridized carbons (Fsp3) is 0.435. The van der Waals surface area contributed by atoms with E-state index in [1.54, 1.807) is 14.0 Å². The molecule has 0 saturated heterocycles. The molecule has 0 aliphatic rings. The van der Waals surface area contributed by atoms with E-state index < -0.39 is 5.60 Å². The minimum absolute atomic E-state index is 0. The van der Waals surface area contributed by atoms with Gasteiger partial charge in [-0.3, -0.25) is 0 Å². The summed E-state index contributed by atoms with van der Waals surface area (Å²) in [7, 11) is 1.69. The smallest absolute Gasteiger partial charge is 0.191 e. The second kappa shape index (κ2) is 14.2. The standard InChI is InChI=1S/C23H33N3O3.HI/c1-4-24-22(26-18-23(2,27)20-11-6-5-7-12-20)25-17-19-10-8-13-21(16-19)29-15-9-14-28-3;/h5-8,10-13,16,27H,4,9,14-15,17-18H2,1-3H3,(H2,24,25,26);1H. The van der Waals surface area contributed by atoms with Crippen LogP contribution < -0.4 is 15.4 Å². The predicted octanol–water partition coefficient (Wildman–Crippen LogP) is 3.68. The number of ether oxygens (including phenoxy) is 2. The van der Waals surface area contributed by atoms with Crippen molar-refractivity contribution in [3.8, 4) is 5.75 Å². The molecule has 6 nitrogen and oxygen atoms in total. The van der Waals surface area contributed by atoms with E-state index in [-0.39, 0.29) is 24.0 Å². The summed E-state index contributed by atoms with van der Waals surface area (Å²) in [6.45, 7) is 6.73. The molecule has 1 unspecified atom stereocenters. The first kappa shape index (κ1) is 26.2. The predicted molar refractivity (Wildman–Crippen MR) is 133 cm³/mol. The van der Waals surface area contributed by atoms with Crippen molar-refractivity contribution in [1.82, 2.24) is 10.6 Å². The summed E-state index contributed by atoms with van der Waals surface area (Å²) >= 11 is 0. The van der Waals surface area contributed by atoms with Crippen LogP contribution in [0.5, 0.6) is 5.75 Å². The van der Waals surface area contributed by atoms with E-state index in [2.05, 4.69) is 15.6 Å². The average Bonchev–Trinajstić information content (AvgIpc) is 2.74. The first-order chi connectivity index (χ1) is 14.0. The first-order valence-electron chi connectivity index (χ1n) is 10.1. The highest BCUT2D eigenvalue weighted by Crippen LogP contribution is 2.19. The number of nitrogens with one attached hydrogen (secondary N) is 2. The van der Waals surface area contributed by atoms with Gasteiger partial charge in [0.15, 0.2) is 5.96 Å². The molecular weight excluding hydrogens is 493 g/mol. The Morgan fingerprint density at radius 3 is 2.53 bits per heavy atom. The Kier molecular flexibility index (Phi) is 12.4. The average molecular weight is 527 g/mol. The fourth-order valence-corrected chi connectivity index (χ4v) is 2.79. The fourth-order valence-electron chi connectivity index (χ4n) is 2.79. The number of aliphatic hydroxyl groups is 1. The summed E-state index contributed by atoms with van der Waals surface area (Å²) in [5.41, 5.74) is 0.927.